The molecule has 21 heavy (non-hydrogen) atoms. The molecule has 1 aromatic rings. The van der Waals surface area contributed by atoms with Crippen molar-refractivity contribution in [3.63, 3.8) is 0 Å². The Morgan fingerprint density at radius 1 is 1.43 bits per heavy atom. The number of carbonyl (C=O) groups is 2. The van der Waals surface area contributed by atoms with Crippen molar-refractivity contribution in [1.29, 1.82) is 0 Å². The van der Waals surface area contributed by atoms with Crippen LogP contribution in [0.4, 0.5) is 15.8 Å². The van der Waals surface area contributed by atoms with Crippen molar-refractivity contribution in [3.8, 4) is 0 Å². The number of nitrogens with one attached hydrogen (secondary N) is 1. The van der Waals surface area contributed by atoms with E-state index in [1.165, 1.54) is 13.8 Å². The second-order valence-electron chi connectivity index (χ2n) is 5.04. The lowest BCUT2D eigenvalue weighted by Crippen LogP contribution is -2.42. The van der Waals surface area contributed by atoms with E-state index in [-0.39, 0.29) is 6.54 Å². The molecule has 0 aliphatic heterocycles. The molecule has 1 aromatic carbocycles. The monoisotopic (exact) mass is 298 g/mol. The van der Waals surface area contributed by atoms with Gasteiger partial charge in [-0.15, -0.1) is 0 Å². The first-order valence-electron chi connectivity index (χ1n) is 5.88. The first-order valence-corrected chi connectivity index (χ1v) is 5.88. The number of amides is 2. The minimum atomic E-state index is -1.05. The summed E-state index contributed by atoms with van der Waals surface area (Å²) in [5.41, 5.74) is 7.75. The number of rotatable bonds is 5. The predicted octanol–water partition coefficient (Wildman–Crippen LogP) is 0.557. The largest absolute Gasteiger partial charge is 0.392 e. The van der Waals surface area contributed by atoms with E-state index in [0.717, 1.165) is 12.1 Å². The van der Waals surface area contributed by atoms with Gasteiger partial charge in [0.25, 0.3) is 11.6 Å². The number of nitrogen functional groups attached to an aromatic ring is 1. The molecule has 0 spiro atoms. The van der Waals surface area contributed by atoms with Gasteiger partial charge >= 0.3 is 0 Å². The van der Waals surface area contributed by atoms with Gasteiger partial charge in [-0.25, -0.2) is 4.39 Å². The number of halogens is 1. The molecule has 2 amide bonds. The molecular formula is C12H15FN4O4. The van der Waals surface area contributed by atoms with E-state index in [9.17, 15) is 24.1 Å². The van der Waals surface area contributed by atoms with Gasteiger partial charge in [-0.2, -0.15) is 0 Å². The summed E-state index contributed by atoms with van der Waals surface area (Å²) in [4.78, 5) is 33.0. The molecule has 1 rings (SSSR count). The second kappa shape index (κ2) is 5.73. The summed E-state index contributed by atoms with van der Waals surface area (Å²) < 4.78 is 13.7. The molecule has 0 aliphatic carbocycles. The Morgan fingerprint density at radius 3 is 2.48 bits per heavy atom. The van der Waals surface area contributed by atoms with Crippen LogP contribution in [0.5, 0.6) is 0 Å². The molecule has 0 atom stereocenters. The smallest absolute Gasteiger partial charge is 0.293 e. The van der Waals surface area contributed by atoms with Crippen LogP contribution in [0, 0.1) is 21.3 Å². The topological polar surface area (TPSA) is 141 Å². The summed E-state index contributed by atoms with van der Waals surface area (Å²) in [7, 11) is 0. The number of nitrogens with two attached hydrogens (primary N) is 2. The summed E-state index contributed by atoms with van der Waals surface area (Å²) in [5.74, 6) is -2.61. The normalized spacial score (nSPS) is 11.0. The minimum absolute atomic E-state index is 0.164. The van der Waals surface area contributed by atoms with Gasteiger partial charge in [0.2, 0.25) is 5.91 Å². The van der Waals surface area contributed by atoms with E-state index in [2.05, 4.69) is 5.32 Å². The Hall–Kier alpha value is -2.71. The van der Waals surface area contributed by atoms with Crippen molar-refractivity contribution in [2.24, 2.45) is 11.1 Å². The fourth-order valence-electron chi connectivity index (χ4n) is 1.45. The minimum Gasteiger partial charge on any atom is -0.392 e. The van der Waals surface area contributed by atoms with E-state index >= 15 is 0 Å². The zero-order valence-electron chi connectivity index (χ0n) is 11.5. The van der Waals surface area contributed by atoms with Gasteiger partial charge in [0, 0.05) is 12.6 Å². The Balaban J connectivity index is 3.06. The molecule has 0 fully saturated rings. The molecular weight excluding hydrogens is 283 g/mol. The van der Waals surface area contributed by atoms with E-state index in [1.54, 1.807) is 0 Å². The lowest BCUT2D eigenvalue weighted by Gasteiger charge is -2.21. The van der Waals surface area contributed by atoms with E-state index in [4.69, 9.17) is 11.5 Å². The molecule has 0 bridgehead atoms. The highest BCUT2D eigenvalue weighted by molar-refractivity contribution is 6.01. The Labute approximate surface area is 119 Å². The van der Waals surface area contributed by atoms with E-state index in [0.29, 0.717) is 0 Å². The van der Waals surface area contributed by atoms with Gasteiger partial charge in [-0.1, -0.05) is 0 Å². The lowest BCUT2D eigenvalue weighted by atomic mass is 9.92. The van der Waals surface area contributed by atoms with Crippen molar-refractivity contribution in [3.05, 3.63) is 33.6 Å². The van der Waals surface area contributed by atoms with Crippen LogP contribution in [-0.2, 0) is 4.79 Å². The molecule has 114 valence electrons. The quantitative estimate of drug-likeness (QED) is 0.413. The molecule has 0 aromatic heterocycles. The summed E-state index contributed by atoms with van der Waals surface area (Å²) in [6, 6.07) is 1.65. The number of nitrogens with zero attached hydrogens (tertiary/aromatic N) is 1. The fourth-order valence-corrected chi connectivity index (χ4v) is 1.45. The summed E-state index contributed by atoms with van der Waals surface area (Å²) in [6.45, 7) is 2.81. The Morgan fingerprint density at radius 2 is 2.00 bits per heavy atom. The van der Waals surface area contributed by atoms with Crippen LogP contribution in [0.15, 0.2) is 12.1 Å². The second-order valence-corrected chi connectivity index (χ2v) is 5.04. The third kappa shape index (κ3) is 3.44. The molecule has 0 heterocycles. The van der Waals surface area contributed by atoms with Crippen LogP contribution >= 0.6 is 0 Å². The number of nitro benzene ring substituents is 1. The predicted molar refractivity (Wildman–Crippen MR) is 72.8 cm³/mol. The van der Waals surface area contributed by atoms with Crippen molar-refractivity contribution in [1.82, 2.24) is 5.32 Å². The SMILES string of the molecule is CC(C)(CNC(=O)c1c(F)ccc([N+](=O)[O-])c1N)C(N)=O. The van der Waals surface area contributed by atoms with Gasteiger partial charge in [0.15, 0.2) is 0 Å². The maximum Gasteiger partial charge on any atom is 0.293 e. The number of carbonyl (C=O) groups excluding carboxylic acids is 2. The first kappa shape index (κ1) is 16.3. The molecule has 8 nitrogen and oxygen atoms in total. The molecule has 0 saturated carbocycles. The van der Waals surface area contributed by atoms with Gasteiger partial charge in [-0.3, -0.25) is 19.7 Å². The number of anilines is 1. The summed E-state index contributed by atoms with van der Waals surface area (Å²) in [5, 5.41) is 13.0. The first-order chi connectivity index (χ1) is 9.58. The van der Waals surface area contributed by atoms with Crippen LogP contribution in [-0.4, -0.2) is 23.3 Å². The molecule has 9 heteroatoms. The number of hydrogen-bond acceptors (Lipinski definition) is 5. The molecule has 0 radical (unpaired) electrons. The van der Waals surface area contributed by atoms with Crippen molar-refractivity contribution in [2.75, 3.05) is 12.3 Å². The number of benzene rings is 1. The van der Waals surface area contributed by atoms with E-state index in [1.807, 2.05) is 0 Å². The van der Waals surface area contributed by atoms with Crippen molar-refractivity contribution < 1.29 is 18.9 Å². The van der Waals surface area contributed by atoms with Gasteiger partial charge in [0.1, 0.15) is 17.1 Å². The number of nitro groups is 1. The van der Waals surface area contributed by atoms with Crippen LogP contribution < -0.4 is 16.8 Å². The van der Waals surface area contributed by atoms with E-state index < -0.39 is 44.9 Å². The maximum absolute atomic E-state index is 13.7. The van der Waals surface area contributed by atoms with Crippen LogP contribution in [0.1, 0.15) is 24.2 Å². The van der Waals surface area contributed by atoms with Crippen molar-refractivity contribution in [2.45, 2.75) is 13.8 Å². The molecule has 0 unspecified atom stereocenters. The number of primary amides is 1. The summed E-state index contributed by atoms with van der Waals surface area (Å²) >= 11 is 0. The zero-order chi connectivity index (χ0) is 16.4. The fraction of sp³-hybridized carbons (Fsp3) is 0.333. The molecule has 0 aliphatic rings. The third-order valence-electron chi connectivity index (χ3n) is 2.95. The zero-order valence-corrected chi connectivity index (χ0v) is 11.5. The lowest BCUT2D eigenvalue weighted by molar-refractivity contribution is -0.384. The Kier molecular flexibility index (Phi) is 4.46. The Bertz CT molecular complexity index is 616. The van der Waals surface area contributed by atoms with Gasteiger partial charge in [-0.05, 0) is 19.9 Å². The highest BCUT2D eigenvalue weighted by Crippen LogP contribution is 2.27. The molecule has 5 N–H and O–H groups in total. The maximum atomic E-state index is 13.7. The highest BCUT2D eigenvalue weighted by atomic mass is 19.1. The van der Waals surface area contributed by atoms with Crippen molar-refractivity contribution >= 4 is 23.2 Å². The third-order valence-corrected chi connectivity index (χ3v) is 2.95. The number of hydrogen-bond donors (Lipinski definition) is 3. The highest BCUT2D eigenvalue weighted by Gasteiger charge is 2.28. The molecule has 0 saturated heterocycles. The standard InChI is InChI=1S/C12H15FN4O4/c1-12(2,11(15)19)5-16-10(18)8-6(13)3-4-7(9(8)14)17(20)21/h3-4H,5,14H2,1-2H3,(H2,15,19)(H,16,18). The van der Waals surface area contributed by atoms with Crippen LogP contribution in [0.25, 0.3) is 0 Å². The van der Waals surface area contributed by atoms with Gasteiger partial charge in [0.05, 0.1) is 10.3 Å². The summed E-state index contributed by atoms with van der Waals surface area (Å²) in [6.07, 6.45) is 0. The van der Waals surface area contributed by atoms with Crippen LogP contribution in [0.3, 0.4) is 0 Å². The average Bonchev–Trinajstić information content (AvgIpc) is 2.35. The van der Waals surface area contributed by atoms with Gasteiger partial charge < -0.3 is 16.8 Å². The van der Waals surface area contributed by atoms with Crippen LogP contribution in [0.2, 0.25) is 0 Å². The average molecular weight is 298 g/mol.